The topological polar surface area (TPSA) is 26.0 Å². The lowest BCUT2D eigenvalue weighted by molar-refractivity contribution is 0.239. The molecular weight excluding hydrogens is 218 g/mol. The summed E-state index contributed by atoms with van der Waals surface area (Å²) >= 11 is 0. The molecule has 2 rings (SSSR count). The third-order valence-electron chi connectivity index (χ3n) is 4.98. The zero-order valence-electron chi connectivity index (χ0n) is 12.1. The van der Waals surface area contributed by atoms with E-state index in [4.69, 9.17) is 5.73 Å². The molecule has 0 saturated heterocycles. The van der Waals surface area contributed by atoms with Crippen molar-refractivity contribution in [2.75, 3.05) is 0 Å². The molecule has 1 aliphatic carbocycles. The summed E-state index contributed by atoms with van der Waals surface area (Å²) in [5.41, 5.74) is 10.7. The molecule has 0 aromatic heterocycles. The minimum absolute atomic E-state index is 0.239. The van der Waals surface area contributed by atoms with E-state index < -0.39 is 0 Å². The third kappa shape index (κ3) is 2.77. The Morgan fingerprint density at radius 2 is 1.83 bits per heavy atom. The summed E-state index contributed by atoms with van der Waals surface area (Å²) in [7, 11) is 0. The van der Waals surface area contributed by atoms with Crippen LogP contribution in [-0.4, -0.2) is 0 Å². The van der Waals surface area contributed by atoms with Crippen molar-refractivity contribution >= 4 is 0 Å². The summed E-state index contributed by atoms with van der Waals surface area (Å²) in [5.74, 6) is 1.64. The minimum Gasteiger partial charge on any atom is -0.324 e. The molecule has 1 aliphatic rings. The standard InChI is InChI=1S/C17H27N/c1-4-14-8-10-15(11-9-14)17(18)16-7-5-6-12(2)13(16)3/h5-7,14-15,17H,4,8-11,18H2,1-3H3. The average molecular weight is 245 g/mol. The van der Waals surface area contributed by atoms with Gasteiger partial charge in [0.15, 0.2) is 0 Å². The van der Waals surface area contributed by atoms with E-state index in [0.29, 0.717) is 5.92 Å². The smallest absolute Gasteiger partial charge is 0.0326 e. The third-order valence-corrected chi connectivity index (χ3v) is 4.98. The van der Waals surface area contributed by atoms with Crippen molar-refractivity contribution in [3.05, 3.63) is 34.9 Å². The lowest BCUT2D eigenvalue weighted by Gasteiger charge is -2.32. The Morgan fingerprint density at radius 1 is 1.17 bits per heavy atom. The molecule has 1 aromatic carbocycles. The molecule has 100 valence electrons. The van der Waals surface area contributed by atoms with Gasteiger partial charge in [0.1, 0.15) is 0 Å². The molecule has 1 atom stereocenters. The van der Waals surface area contributed by atoms with Gasteiger partial charge in [0.2, 0.25) is 0 Å². The highest BCUT2D eigenvalue weighted by Gasteiger charge is 2.26. The van der Waals surface area contributed by atoms with E-state index in [0.717, 1.165) is 5.92 Å². The summed E-state index contributed by atoms with van der Waals surface area (Å²) in [6.07, 6.45) is 6.71. The van der Waals surface area contributed by atoms with Crippen molar-refractivity contribution in [1.29, 1.82) is 0 Å². The quantitative estimate of drug-likeness (QED) is 0.832. The summed E-state index contributed by atoms with van der Waals surface area (Å²) in [6.45, 7) is 6.71. The number of rotatable bonds is 3. The Morgan fingerprint density at radius 3 is 2.44 bits per heavy atom. The first-order chi connectivity index (χ1) is 8.63. The van der Waals surface area contributed by atoms with Crippen LogP contribution in [0.25, 0.3) is 0 Å². The SMILES string of the molecule is CCC1CCC(C(N)c2cccc(C)c2C)CC1. The largest absolute Gasteiger partial charge is 0.324 e. The fourth-order valence-corrected chi connectivity index (χ4v) is 3.34. The minimum atomic E-state index is 0.239. The van der Waals surface area contributed by atoms with Crippen molar-refractivity contribution in [3.8, 4) is 0 Å². The number of nitrogens with two attached hydrogens (primary N) is 1. The molecule has 0 heterocycles. The first kappa shape index (κ1) is 13.6. The van der Waals surface area contributed by atoms with Gasteiger partial charge >= 0.3 is 0 Å². The highest BCUT2D eigenvalue weighted by atomic mass is 14.7. The van der Waals surface area contributed by atoms with E-state index in [1.807, 2.05) is 0 Å². The molecule has 18 heavy (non-hydrogen) atoms. The van der Waals surface area contributed by atoms with E-state index >= 15 is 0 Å². The van der Waals surface area contributed by atoms with Gasteiger partial charge in [-0.25, -0.2) is 0 Å². The number of benzene rings is 1. The second-order valence-electron chi connectivity index (χ2n) is 6.00. The highest BCUT2D eigenvalue weighted by molar-refractivity contribution is 5.35. The van der Waals surface area contributed by atoms with Crippen LogP contribution in [0.3, 0.4) is 0 Å². The van der Waals surface area contributed by atoms with Crippen molar-refractivity contribution in [2.24, 2.45) is 17.6 Å². The molecule has 1 heteroatoms. The average Bonchev–Trinajstić information content (AvgIpc) is 2.41. The first-order valence-electron chi connectivity index (χ1n) is 7.45. The van der Waals surface area contributed by atoms with Crippen LogP contribution in [0.2, 0.25) is 0 Å². The highest BCUT2D eigenvalue weighted by Crippen LogP contribution is 2.37. The predicted molar refractivity (Wildman–Crippen MR) is 78.6 cm³/mol. The fourth-order valence-electron chi connectivity index (χ4n) is 3.34. The van der Waals surface area contributed by atoms with Crippen LogP contribution >= 0.6 is 0 Å². The van der Waals surface area contributed by atoms with E-state index in [2.05, 4.69) is 39.0 Å². The molecular formula is C17H27N. The maximum absolute atomic E-state index is 6.53. The van der Waals surface area contributed by atoms with Gasteiger partial charge in [-0.2, -0.15) is 0 Å². The molecule has 1 nitrogen and oxygen atoms in total. The van der Waals surface area contributed by atoms with E-state index in [9.17, 15) is 0 Å². The molecule has 1 fully saturated rings. The summed E-state index contributed by atoms with van der Waals surface area (Å²) < 4.78 is 0. The Balaban J connectivity index is 2.08. The zero-order valence-corrected chi connectivity index (χ0v) is 12.1. The van der Waals surface area contributed by atoms with Gasteiger partial charge in [0.05, 0.1) is 0 Å². The Labute approximate surface area is 112 Å². The lowest BCUT2D eigenvalue weighted by Crippen LogP contribution is -2.26. The maximum atomic E-state index is 6.53. The van der Waals surface area contributed by atoms with Gasteiger partial charge < -0.3 is 5.73 Å². The van der Waals surface area contributed by atoms with E-state index in [1.54, 1.807) is 0 Å². The summed E-state index contributed by atoms with van der Waals surface area (Å²) in [4.78, 5) is 0. The Kier molecular flexibility index (Phi) is 4.45. The van der Waals surface area contributed by atoms with Gasteiger partial charge in [-0.1, -0.05) is 44.4 Å². The molecule has 1 aromatic rings. The van der Waals surface area contributed by atoms with Crippen molar-refractivity contribution in [1.82, 2.24) is 0 Å². The normalized spacial score (nSPS) is 26.0. The molecule has 0 bridgehead atoms. The van der Waals surface area contributed by atoms with Crippen molar-refractivity contribution < 1.29 is 0 Å². The van der Waals surface area contributed by atoms with E-state index in [1.165, 1.54) is 48.8 Å². The summed E-state index contributed by atoms with van der Waals surface area (Å²) in [5, 5.41) is 0. The predicted octanol–water partition coefficient (Wildman–Crippen LogP) is 4.52. The maximum Gasteiger partial charge on any atom is 0.0326 e. The fraction of sp³-hybridized carbons (Fsp3) is 0.647. The second kappa shape index (κ2) is 5.88. The number of hydrogen-bond donors (Lipinski definition) is 1. The van der Waals surface area contributed by atoms with Crippen LogP contribution in [0.1, 0.15) is 61.8 Å². The van der Waals surface area contributed by atoms with Gasteiger partial charge in [0, 0.05) is 6.04 Å². The van der Waals surface area contributed by atoms with Gasteiger partial charge in [-0.05, 0) is 55.2 Å². The molecule has 0 radical (unpaired) electrons. The molecule has 0 amide bonds. The van der Waals surface area contributed by atoms with Gasteiger partial charge in [0.25, 0.3) is 0 Å². The van der Waals surface area contributed by atoms with Crippen LogP contribution < -0.4 is 5.73 Å². The Bertz CT molecular complexity index is 389. The second-order valence-corrected chi connectivity index (χ2v) is 6.00. The van der Waals surface area contributed by atoms with Crippen LogP contribution in [-0.2, 0) is 0 Å². The van der Waals surface area contributed by atoms with Crippen LogP contribution in [0.5, 0.6) is 0 Å². The first-order valence-corrected chi connectivity index (χ1v) is 7.45. The Hall–Kier alpha value is -0.820. The van der Waals surface area contributed by atoms with Gasteiger partial charge in [-0.3, -0.25) is 0 Å². The molecule has 1 unspecified atom stereocenters. The van der Waals surface area contributed by atoms with E-state index in [-0.39, 0.29) is 6.04 Å². The summed E-state index contributed by atoms with van der Waals surface area (Å²) in [6, 6.07) is 6.79. The monoisotopic (exact) mass is 245 g/mol. The molecule has 0 spiro atoms. The van der Waals surface area contributed by atoms with Crippen LogP contribution in [0.15, 0.2) is 18.2 Å². The van der Waals surface area contributed by atoms with Crippen molar-refractivity contribution in [2.45, 2.75) is 58.9 Å². The molecule has 0 aliphatic heterocycles. The number of aryl methyl sites for hydroxylation is 1. The molecule has 1 saturated carbocycles. The van der Waals surface area contributed by atoms with Crippen LogP contribution in [0, 0.1) is 25.7 Å². The van der Waals surface area contributed by atoms with Crippen LogP contribution in [0.4, 0.5) is 0 Å². The molecule has 2 N–H and O–H groups in total. The lowest BCUT2D eigenvalue weighted by atomic mass is 9.75. The van der Waals surface area contributed by atoms with Crippen molar-refractivity contribution in [3.63, 3.8) is 0 Å². The van der Waals surface area contributed by atoms with Gasteiger partial charge in [-0.15, -0.1) is 0 Å². The zero-order chi connectivity index (χ0) is 13.1. The number of hydrogen-bond acceptors (Lipinski definition) is 1.